The molecule has 1 fully saturated rings. The van der Waals surface area contributed by atoms with Gasteiger partial charge >= 0.3 is 11.8 Å². The highest BCUT2D eigenvalue weighted by Gasteiger charge is 2.45. The zero-order valence-electron chi connectivity index (χ0n) is 10.1. The van der Waals surface area contributed by atoms with Gasteiger partial charge < -0.3 is 25.4 Å². The summed E-state index contributed by atoms with van der Waals surface area (Å²) < 4.78 is 6.19. The van der Waals surface area contributed by atoms with Crippen molar-refractivity contribution in [3.05, 3.63) is 33.1 Å². The number of aliphatic hydroxyl groups is 2. The third-order valence-corrected chi connectivity index (χ3v) is 2.97. The van der Waals surface area contributed by atoms with Crippen LogP contribution < -0.4 is 16.6 Å². The van der Waals surface area contributed by atoms with E-state index in [1.165, 1.54) is 0 Å². The van der Waals surface area contributed by atoms with Gasteiger partial charge in [0.15, 0.2) is 6.23 Å². The summed E-state index contributed by atoms with van der Waals surface area (Å²) in [5.41, 5.74) is -1.43. The molecule has 1 aromatic heterocycles. The number of carbonyl (C=O) groups is 1. The lowest BCUT2D eigenvalue weighted by molar-refractivity contribution is -0.0469. The summed E-state index contributed by atoms with van der Waals surface area (Å²) in [6.07, 6.45) is -3.86. The second-order valence-electron chi connectivity index (χ2n) is 4.23. The molecule has 0 saturated carbocycles. The molecular formula is C10H13N3O7. The lowest BCUT2D eigenvalue weighted by atomic mass is 10.1. The Labute approximate surface area is 111 Å². The summed E-state index contributed by atoms with van der Waals surface area (Å²) in [4.78, 5) is 35.4. The number of H-pyrrole nitrogens is 1. The highest BCUT2D eigenvalue weighted by molar-refractivity contribution is 5.65. The highest BCUT2D eigenvalue weighted by atomic mass is 16.5. The van der Waals surface area contributed by atoms with Crippen LogP contribution in [0.15, 0.2) is 21.9 Å². The molecule has 20 heavy (non-hydrogen) atoms. The lowest BCUT2D eigenvalue weighted by Gasteiger charge is -2.21. The minimum atomic E-state index is -1.42. The molecule has 0 radical (unpaired) electrons. The zero-order chi connectivity index (χ0) is 14.9. The first-order valence-corrected chi connectivity index (χ1v) is 5.69. The lowest BCUT2D eigenvalue weighted by Crippen LogP contribution is -2.48. The van der Waals surface area contributed by atoms with Crippen molar-refractivity contribution >= 4 is 6.09 Å². The normalized spacial score (nSPS) is 29.3. The fourth-order valence-corrected chi connectivity index (χ4v) is 2.06. The summed E-state index contributed by atoms with van der Waals surface area (Å²) >= 11 is 0. The van der Waals surface area contributed by atoms with E-state index in [9.17, 15) is 19.5 Å². The van der Waals surface area contributed by atoms with Gasteiger partial charge in [-0.15, -0.1) is 0 Å². The standard InChI is InChI=1S/C10H13N3O7/c14-3-4-7(16)6(12-10(18)19)8(20-4)13-2-1-5(15)11-9(13)17/h1-2,4,6-8,12,14,16H,3H2,(H,18,19)(H,11,15,17)/t4-,6-,7-,8-/m1/s1. The molecule has 4 atom stereocenters. The van der Waals surface area contributed by atoms with Crippen LogP contribution in [0.3, 0.4) is 0 Å². The topological polar surface area (TPSA) is 154 Å². The van der Waals surface area contributed by atoms with E-state index in [0.717, 1.165) is 16.8 Å². The number of amides is 1. The summed E-state index contributed by atoms with van der Waals surface area (Å²) in [6.45, 7) is -0.548. The van der Waals surface area contributed by atoms with Crippen molar-refractivity contribution in [3.63, 3.8) is 0 Å². The molecule has 0 unspecified atom stereocenters. The molecule has 2 heterocycles. The number of aromatic nitrogens is 2. The average Bonchev–Trinajstić information content (AvgIpc) is 2.66. The zero-order valence-corrected chi connectivity index (χ0v) is 10.1. The van der Waals surface area contributed by atoms with E-state index in [4.69, 9.17) is 14.9 Å². The summed E-state index contributed by atoms with van der Waals surface area (Å²) in [7, 11) is 0. The van der Waals surface area contributed by atoms with Gasteiger partial charge in [0.05, 0.1) is 6.61 Å². The van der Waals surface area contributed by atoms with Crippen LogP contribution >= 0.6 is 0 Å². The van der Waals surface area contributed by atoms with Crippen LogP contribution in [0.2, 0.25) is 0 Å². The van der Waals surface area contributed by atoms with E-state index >= 15 is 0 Å². The molecule has 1 saturated heterocycles. The fraction of sp³-hybridized carbons (Fsp3) is 0.500. The molecule has 110 valence electrons. The number of hydrogen-bond donors (Lipinski definition) is 5. The van der Waals surface area contributed by atoms with Gasteiger partial charge in [-0.1, -0.05) is 0 Å². The van der Waals surface area contributed by atoms with Crippen molar-refractivity contribution in [3.8, 4) is 0 Å². The first kappa shape index (κ1) is 14.2. The number of hydrogen-bond acceptors (Lipinski definition) is 6. The van der Waals surface area contributed by atoms with Gasteiger partial charge in [-0.05, 0) is 0 Å². The molecule has 0 bridgehead atoms. The van der Waals surface area contributed by atoms with E-state index < -0.39 is 48.4 Å². The molecule has 0 aliphatic carbocycles. The predicted octanol–water partition coefficient (Wildman–Crippen LogP) is -2.58. The van der Waals surface area contributed by atoms with Crippen LogP contribution in [-0.4, -0.2) is 55.8 Å². The molecule has 10 heteroatoms. The molecule has 1 aliphatic heterocycles. The Morgan fingerprint density at radius 2 is 2.20 bits per heavy atom. The Hall–Kier alpha value is -2.17. The summed E-state index contributed by atoms with van der Waals surface area (Å²) in [6, 6.07) is -0.102. The third-order valence-electron chi connectivity index (χ3n) is 2.97. The van der Waals surface area contributed by atoms with E-state index in [0.29, 0.717) is 0 Å². The van der Waals surface area contributed by atoms with Crippen LogP contribution in [0.5, 0.6) is 0 Å². The van der Waals surface area contributed by atoms with Crippen LogP contribution in [0, 0.1) is 0 Å². The highest BCUT2D eigenvalue weighted by Crippen LogP contribution is 2.27. The smallest absolute Gasteiger partial charge is 0.405 e. The summed E-state index contributed by atoms with van der Waals surface area (Å²) in [5.74, 6) is 0. The molecule has 10 nitrogen and oxygen atoms in total. The first-order chi connectivity index (χ1) is 9.43. The number of carboxylic acid groups (broad SMARTS) is 1. The van der Waals surface area contributed by atoms with Gasteiger partial charge in [-0.3, -0.25) is 14.3 Å². The van der Waals surface area contributed by atoms with Crippen molar-refractivity contribution in [2.75, 3.05) is 6.61 Å². The van der Waals surface area contributed by atoms with E-state index in [1.54, 1.807) is 0 Å². The number of nitrogens with zero attached hydrogens (tertiary/aromatic N) is 1. The van der Waals surface area contributed by atoms with E-state index in [1.807, 2.05) is 10.3 Å². The van der Waals surface area contributed by atoms with Gasteiger partial charge in [-0.2, -0.15) is 0 Å². The average molecular weight is 287 g/mol. The monoisotopic (exact) mass is 287 g/mol. The molecule has 1 amide bonds. The first-order valence-electron chi connectivity index (χ1n) is 5.69. The molecule has 1 aliphatic rings. The maximum Gasteiger partial charge on any atom is 0.405 e. The molecule has 5 N–H and O–H groups in total. The third kappa shape index (κ3) is 2.57. The van der Waals surface area contributed by atoms with Gasteiger partial charge in [0.1, 0.15) is 18.2 Å². The Morgan fingerprint density at radius 1 is 1.50 bits per heavy atom. The second-order valence-corrected chi connectivity index (χ2v) is 4.23. The number of aliphatic hydroxyl groups excluding tert-OH is 2. The SMILES string of the molecule is O=C(O)N[C@@H]1[C@H](O)[C@@H](CO)O[C@H]1n1ccc(=O)[nH]c1=O. The van der Waals surface area contributed by atoms with Gasteiger partial charge in [-0.25, -0.2) is 9.59 Å². The maximum absolute atomic E-state index is 11.7. The van der Waals surface area contributed by atoms with Crippen LogP contribution in [0.4, 0.5) is 4.79 Å². The van der Waals surface area contributed by atoms with Crippen LogP contribution in [0.25, 0.3) is 0 Å². The minimum Gasteiger partial charge on any atom is -0.465 e. The molecule has 1 aromatic rings. The Morgan fingerprint density at radius 3 is 2.75 bits per heavy atom. The van der Waals surface area contributed by atoms with Gasteiger partial charge in [0, 0.05) is 12.3 Å². The van der Waals surface area contributed by atoms with E-state index in [-0.39, 0.29) is 0 Å². The second kappa shape index (κ2) is 5.45. The van der Waals surface area contributed by atoms with Crippen LogP contribution in [-0.2, 0) is 4.74 Å². The van der Waals surface area contributed by atoms with Crippen molar-refractivity contribution in [2.24, 2.45) is 0 Å². The number of aromatic amines is 1. The van der Waals surface area contributed by atoms with E-state index in [2.05, 4.69) is 0 Å². The van der Waals surface area contributed by atoms with Crippen molar-refractivity contribution in [1.29, 1.82) is 0 Å². The van der Waals surface area contributed by atoms with Crippen molar-refractivity contribution in [1.82, 2.24) is 14.9 Å². The van der Waals surface area contributed by atoms with Crippen molar-refractivity contribution in [2.45, 2.75) is 24.5 Å². The predicted molar refractivity (Wildman–Crippen MR) is 63.3 cm³/mol. The fourth-order valence-electron chi connectivity index (χ4n) is 2.06. The van der Waals surface area contributed by atoms with Crippen molar-refractivity contribution < 1.29 is 24.9 Å². The molecule has 0 aromatic carbocycles. The number of rotatable bonds is 3. The molecule has 2 rings (SSSR count). The molecular weight excluding hydrogens is 274 g/mol. The van der Waals surface area contributed by atoms with Crippen LogP contribution in [0.1, 0.15) is 6.23 Å². The number of ether oxygens (including phenoxy) is 1. The Kier molecular flexibility index (Phi) is 3.88. The van der Waals surface area contributed by atoms with Gasteiger partial charge in [0.25, 0.3) is 5.56 Å². The molecule has 0 spiro atoms. The minimum absolute atomic E-state index is 0.548. The Balaban J connectivity index is 2.39. The maximum atomic E-state index is 11.7. The Bertz CT molecular complexity index is 609. The van der Waals surface area contributed by atoms with Gasteiger partial charge in [0.2, 0.25) is 0 Å². The quantitative estimate of drug-likeness (QED) is 0.409. The largest absolute Gasteiger partial charge is 0.465 e. The summed E-state index contributed by atoms with van der Waals surface area (Å²) in [5, 5.41) is 29.7. The number of nitrogens with one attached hydrogen (secondary N) is 2.